The van der Waals surface area contributed by atoms with Crippen LogP contribution in [0.2, 0.25) is 0 Å². The zero-order chi connectivity index (χ0) is 9.83. The highest BCUT2D eigenvalue weighted by Gasteiger charge is 2.32. The van der Waals surface area contributed by atoms with Gasteiger partial charge in [-0.2, -0.15) is 0 Å². The van der Waals surface area contributed by atoms with Crippen molar-refractivity contribution in [2.24, 2.45) is 5.41 Å². The van der Waals surface area contributed by atoms with Crippen LogP contribution in [-0.4, -0.2) is 13.0 Å². The number of halogens is 3. The van der Waals surface area contributed by atoms with Gasteiger partial charge in [0.05, 0.1) is 6.61 Å². The molecule has 0 amide bonds. The van der Waals surface area contributed by atoms with E-state index in [0.717, 1.165) is 12.8 Å². The van der Waals surface area contributed by atoms with Gasteiger partial charge in [0.25, 0.3) is 0 Å². The molecule has 0 N–H and O–H groups in total. The highest BCUT2D eigenvalue weighted by atomic mass is 19.4. The first-order valence-electron chi connectivity index (χ1n) is 3.97. The molecule has 0 saturated carbocycles. The summed E-state index contributed by atoms with van der Waals surface area (Å²) in [6, 6.07) is 0. The number of rotatable bonds is 4. The second-order valence-electron chi connectivity index (χ2n) is 3.65. The van der Waals surface area contributed by atoms with Gasteiger partial charge >= 0.3 is 6.36 Å². The van der Waals surface area contributed by atoms with Crippen molar-refractivity contribution in [1.29, 1.82) is 0 Å². The lowest BCUT2D eigenvalue weighted by Gasteiger charge is -2.24. The number of hydrogen-bond acceptors (Lipinski definition) is 1. The summed E-state index contributed by atoms with van der Waals surface area (Å²) in [5.41, 5.74) is -0.385. The average Bonchev–Trinajstić information content (AvgIpc) is 1.83. The van der Waals surface area contributed by atoms with E-state index in [1.807, 2.05) is 6.92 Å². The molecule has 0 bridgehead atoms. The summed E-state index contributed by atoms with van der Waals surface area (Å²) in [6.07, 6.45) is -2.89. The van der Waals surface area contributed by atoms with Crippen LogP contribution >= 0.6 is 0 Å². The molecule has 1 nitrogen and oxygen atoms in total. The molecular formula is C8H15F3O. The van der Waals surface area contributed by atoms with E-state index in [0.29, 0.717) is 0 Å². The zero-order valence-electron chi connectivity index (χ0n) is 7.66. The van der Waals surface area contributed by atoms with Crippen LogP contribution in [0.1, 0.15) is 33.6 Å². The van der Waals surface area contributed by atoms with E-state index in [4.69, 9.17) is 0 Å². The maximum atomic E-state index is 11.6. The zero-order valence-corrected chi connectivity index (χ0v) is 7.66. The van der Waals surface area contributed by atoms with Crippen LogP contribution in [0.4, 0.5) is 13.2 Å². The first-order chi connectivity index (χ1) is 5.27. The molecule has 0 spiro atoms. The van der Waals surface area contributed by atoms with E-state index in [2.05, 4.69) is 4.74 Å². The molecule has 0 aromatic heterocycles. The fourth-order valence-electron chi connectivity index (χ4n) is 1.03. The molecule has 74 valence electrons. The Balaban J connectivity index is 3.75. The Bertz CT molecular complexity index is 129. The van der Waals surface area contributed by atoms with Crippen LogP contribution in [0, 0.1) is 5.41 Å². The van der Waals surface area contributed by atoms with E-state index >= 15 is 0 Å². The number of hydrogen-bond donors (Lipinski definition) is 0. The lowest BCUT2D eigenvalue weighted by atomic mass is 9.89. The molecule has 4 heteroatoms. The highest BCUT2D eigenvalue weighted by molar-refractivity contribution is 4.66. The maximum absolute atomic E-state index is 11.6. The quantitative estimate of drug-likeness (QED) is 0.651. The molecule has 0 aliphatic heterocycles. The minimum absolute atomic E-state index is 0.260. The van der Waals surface area contributed by atoms with Gasteiger partial charge in [0.15, 0.2) is 0 Å². The monoisotopic (exact) mass is 184 g/mol. The molecule has 0 unspecified atom stereocenters. The fourth-order valence-corrected chi connectivity index (χ4v) is 1.03. The average molecular weight is 184 g/mol. The van der Waals surface area contributed by atoms with Crippen LogP contribution in [-0.2, 0) is 4.74 Å². The summed E-state index contributed by atoms with van der Waals surface area (Å²) in [5, 5.41) is 0. The third kappa shape index (κ3) is 6.46. The molecule has 0 saturated heterocycles. The van der Waals surface area contributed by atoms with Crippen LogP contribution in [0.3, 0.4) is 0 Å². The minimum atomic E-state index is -4.50. The van der Waals surface area contributed by atoms with Crippen molar-refractivity contribution >= 4 is 0 Å². The van der Waals surface area contributed by atoms with Crippen molar-refractivity contribution in [3.05, 3.63) is 0 Å². The van der Waals surface area contributed by atoms with Gasteiger partial charge in [0.1, 0.15) is 0 Å². The topological polar surface area (TPSA) is 9.23 Å². The fraction of sp³-hybridized carbons (Fsp3) is 1.00. The molecule has 0 heterocycles. The largest absolute Gasteiger partial charge is 0.522 e. The predicted octanol–water partition coefficient (Wildman–Crippen LogP) is 3.35. The smallest absolute Gasteiger partial charge is 0.291 e. The third-order valence-electron chi connectivity index (χ3n) is 1.55. The van der Waals surface area contributed by atoms with Crippen LogP contribution in [0.5, 0.6) is 0 Å². The molecule has 0 radical (unpaired) electrons. The summed E-state index contributed by atoms with van der Waals surface area (Å²) < 4.78 is 38.6. The van der Waals surface area contributed by atoms with E-state index in [1.54, 1.807) is 13.8 Å². The summed E-state index contributed by atoms with van der Waals surface area (Å²) >= 11 is 0. The molecule has 12 heavy (non-hydrogen) atoms. The normalized spacial score (nSPS) is 13.5. The SMILES string of the molecule is CCCC(C)(C)COC(F)(F)F. The van der Waals surface area contributed by atoms with E-state index < -0.39 is 6.36 Å². The molecule has 0 aromatic rings. The molecule has 0 fully saturated rings. The first kappa shape index (κ1) is 11.8. The lowest BCUT2D eigenvalue weighted by Crippen LogP contribution is -2.25. The van der Waals surface area contributed by atoms with Gasteiger partial charge in [-0.25, -0.2) is 0 Å². The Morgan fingerprint density at radius 2 is 1.67 bits per heavy atom. The third-order valence-corrected chi connectivity index (χ3v) is 1.55. The molecule has 0 aliphatic carbocycles. The highest BCUT2D eigenvalue weighted by Crippen LogP contribution is 2.26. The maximum Gasteiger partial charge on any atom is 0.522 e. The molecule has 0 atom stereocenters. The standard InChI is InChI=1S/C8H15F3O/c1-4-5-7(2,3)6-12-8(9,10)11/h4-6H2,1-3H3. The van der Waals surface area contributed by atoms with E-state index in [9.17, 15) is 13.2 Å². The van der Waals surface area contributed by atoms with Gasteiger partial charge in [-0.15, -0.1) is 13.2 Å². The Hall–Kier alpha value is -0.250. The summed E-state index contributed by atoms with van der Waals surface area (Å²) in [5.74, 6) is 0. The second kappa shape index (κ2) is 4.12. The van der Waals surface area contributed by atoms with Crippen molar-refractivity contribution in [3.63, 3.8) is 0 Å². The van der Waals surface area contributed by atoms with Gasteiger partial charge in [0, 0.05) is 0 Å². The van der Waals surface area contributed by atoms with Crippen molar-refractivity contribution < 1.29 is 17.9 Å². The van der Waals surface area contributed by atoms with Gasteiger partial charge in [-0.1, -0.05) is 27.2 Å². The van der Waals surface area contributed by atoms with Gasteiger partial charge in [-0.3, -0.25) is 4.74 Å². The Morgan fingerprint density at radius 1 is 1.17 bits per heavy atom. The van der Waals surface area contributed by atoms with E-state index in [1.165, 1.54) is 0 Å². The van der Waals surface area contributed by atoms with E-state index in [-0.39, 0.29) is 12.0 Å². The van der Waals surface area contributed by atoms with Crippen LogP contribution < -0.4 is 0 Å². The van der Waals surface area contributed by atoms with Gasteiger partial charge in [0.2, 0.25) is 0 Å². The van der Waals surface area contributed by atoms with Gasteiger partial charge < -0.3 is 0 Å². The van der Waals surface area contributed by atoms with Crippen molar-refractivity contribution in [2.75, 3.05) is 6.61 Å². The second-order valence-corrected chi connectivity index (χ2v) is 3.65. The van der Waals surface area contributed by atoms with Crippen molar-refractivity contribution in [3.8, 4) is 0 Å². The summed E-state index contributed by atoms with van der Waals surface area (Å²) in [4.78, 5) is 0. The molecule has 0 aromatic carbocycles. The van der Waals surface area contributed by atoms with Crippen molar-refractivity contribution in [2.45, 2.75) is 40.0 Å². The summed E-state index contributed by atoms with van der Waals surface area (Å²) in [7, 11) is 0. The Labute approximate surface area is 70.9 Å². The molecule has 0 aliphatic rings. The summed E-state index contributed by atoms with van der Waals surface area (Å²) in [6.45, 7) is 5.21. The number of alkyl halides is 3. The van der Waals surface area contributed by atoms with Gasteiger partial charge in [-0.05, 0) is 11.8 Å². The predicted molar refractivity (Wildman–Crippen MR) is 40.7 cm³/mol. The molecule has 0 rings (SSSR count). The molecular weight excluding hydrogens is 169 g/mol. The van der Waals surface area contributed by atoms with Crippen LogP contribution in [0.15, 0.2) is 0 Å². The lowest BCUT2D eigenvalue weighted by molar-refractivity contribution is -0.332. The first-order valence-corrected chi connectivity index (χ1v) is 3.97. The Morgan fingerprint density at radius 3 is 2.00 bits per heavy atom. The van der Waals surface area contributed by atoms with Crippen molar-refractivity contribution in [1.82, 2.24) is 0 Å². The van der Waals surface area contributed by atoms with Crippen LogP contribution in [0.25, 0.3) is 0 Å². The Kier molecular flexibility index (Phi) is 4.03. The minimum Gasteiger partial charge on any atom is -0.291 e. The number of ether oxygens (including phenoxy) is 1.